The van der Waals surface area contributed by atoms with Gasteiger partial charge in [-0.2, -0.15) is 17.0 Å². The van der Waals surface area contributed by atoms with Gasteiger partial charge in [-0.15, -0.1) is 0 Å². The average Bonchev–Trinajstić information content (AvgIpc) is 2.84. The van der Waals surface area contributed by atoms with Crippen molar-refractivity contribution in [2.75, 3.05) is 18.1 Å². The van der Waals surface area contributed by atoms with Crippen LogP contribution in [0.25, 0.3) is 0 Å². The first-order chi connectivity index (χ1) is 6.77. The Morgan fingerprint density at radius 1 is 1.64 bits per heavy atom. The van der Waals surface area contributed by atoms with Gasteiger partial charge in [-0.3, -0.25) is 4.79 Å². The third-order valence-electron chi connectivity index (χ3n) is 2.97. The first-order valence-electron chi connectivity index (χ1n) is 5.04. The average molecular weight is 210 g/mol. The first-order valence-corrected chi connectivity index (χ1v) is 6.20. The van der Waals surface area contributed by atoms with Crippen LogP contribution in [0, 0.1) is 22.7 Å². The molecular formula is C10H14N2OS. The molecule has 0 aromatic rings. The minimum atomic E-state index is -0.647. The van der Waals surface area contributed by atoms with Crippen LogP contribution in [0.3, 0.4) is 0 Å². The fraction of sp³-hybridized carbons (Fsp3) is 0.800. The third kappa shape index (κ3) is 1.88. The summed E-state index contributed by atoms with van der Waals surface area (Å²) in [5, 5.41) is 11.7. The zero-order chi connectivity index (χ0) is 10.0. The third-order valence-corrected chi connectivity index (χ3v) is 4.21. The Hall–Kier alpha value is -0.690. The predicted octanol–water partition coefficient (Wildman–Crippen LogP) is 1.16. The largest absolute Gasteiger partial charge is 0.354 e. The van der Waals surface area contributed by atoms with Gasteiger partial charge in [0.05, 0.1) is 6.07 Å². The monoisotopic (exact) mass is 210 g/mol. The molecule has 14 heavy (non-hydrogen) atoms. The molecule has 4 heteroatoms. The van der Waals surface area contributed by atoms with Gasteiger partial charge in [-0.05, 0) is 36.7 Å². The van der Waals surface area contributed by atoms with Crippen LogP contribution in [-0.2, 0) is 4.79 Å². The molecule has 1 saturated heterocycles. The van der Waals surface area contributed by atoms with E-state index in [1.165, 1.54) is 12.2 Å². The molecule has 1 aliphatic carbocycles. The normalized spacial score (nSPS) is 28.1. The second-order valence-corrected chi connectivity index (χ2v) is 5.28. The summed E-state index contributed by atoms with van der Waals surface area (Å²) < 4.78 is 0. The summed E-state index contributed by atoms with van der Waals surface area (Å²) in [4.78, 5) is 11.6. The molecule has 2 rings (SSSR count). The molecule has 76 valence electrons. The first kappa shape index (κ1) is 9.85. The number of thioether (sulfide) groups is 1. The molecule has 0 spiro atoms. The smallest absolute Gasteiger partial charge is 0.240 e. The summed E-state index contributed by atoms with van der Waals surface area (Å²) in [7, 11) is 0. The van der Waals surface area contributed by atoms with Crippen LogP contribution in [-0.4, -0.2) is 24.0 Å². The van der Waals surface area contributed by atoms with Crippen LogP contribution >= 0.6 is 11.8 Å². The molecule has 0 aromatic carbocycles. The van der Waals surface area contributed by atoms with Crippen molar-refractivity contribution in [1.29, 1.82) is 5.26 Å². The van der Waals surface area contributed by atoms with Gasteiger partial charge in [0, 0.05) is 6.54 Å². The van der Waals surface area contributed by atoms with Gasteiger partial charge < -0.3 is 5.32 Å². The second-order valence-electron chi connectivity index (χ2n) is 4.13. The minimum absolute atomic E-state index is 0.0445. The number of rotatable bonds is 3. The van der Waals surface area contributed by atoms with E-state index in [1.807, 2.05) is 11.8 Å². The van der Waals surface area contributed by atoms with Gasteiger partial charge in [-0.1, -0.05) is 0 Å². The van der Waals surface area contributed by atoms with Crippen molar-refractivity contribution in [3.63, 3.8) is 0 Å². The number of nitrogens with one attached hydrogen (secondary N) is 1. The Morgan fingerprint density at radius 3 is 2.93 bits per heavy atom. The van der Waals surface area contributed by atoms with Crippen LogP contribution in [0.1, 0.15) is 19.3 Å². The predicted molar refractivity (Wildman–Crippen MR) is 55.7 cm³/mol. The molecule has 0 radical (unpaired) electrons. The number of hydrogen-bond acceptors (Lipinski definition) is 3. The topological polar surface area (TPSA) is 52.9 Å². The van der Waals surface area contributed by atoms with Gasteiger partial charge in [0.25, 0.3) is 0 Å². The van der Waals surface area contributed by atoms with Crippen molar-refractivity contribution in [2.24, 2.45) is 11.3 Å². The summed E-state index contributed by atoms with van der Waals surface area (Å²) in [6.45, 7) is 0.759. The molecule has 1 heterocycles. The molecule has 1 unspecified atom stereocenters. The van der Waals surface area contributed by atoms with E-state index in [2.05, 4.69) is 11.4 Å². The van der Waals surface area contributed by atoms with E-state index in [9.17, 15) is 4.79 Å². The fourth-order valence-electron chi connectivity index (χ4n) is 1.67. The van der Waals surface area contributed by atoms with Crippen molar-refractivity contribution >= 4 is 17.7 Å². The van der Waals surface area contributed by atoms with Gasteiger partial charge in [-0.25, -0.2) is 0 Å². The van der Waals surface area contributed by atoms with Crippen molar-refractivity contribution in [2.45, 2.75) is 19.3 Å². The van der Waals surface area contributed by atoms with E-state index in [4.69, 9.17) is 5.26 Å². The quantitative estimate of drug-likeness (QED) is 0.760. The molecule has 2 fully saturated rings. The van der Waals surface area contributed by atoms with E-state index < -0.39 is 5.41 Å². The summed E-state index contributed by atoms with van der Waals surface area (Å²) in [5.41, 5.74) is -0.647. The molecule has 1 atom stereocenters. The summed E-state index contributed by atoms with van der Waals surface area (Å²) in [6.07, 6.45) is 2.69. The Bertz CT molecular complexity index is 274. The SMILES string of the molecule is N#CC1(C(=O)NCC2CCSC2)CC1. The Balaban J connectivity index is 1.75. The van der Waals surface area contributed by atoms with Gasteiger partial charge in [0.2, 0.25) is 5.91 Å². The van der Waals surface area contributed by atoms with Gasteiger partial charge in [0.15, 0.2) is 0 Å². The number of carbonyl (C=O) groups is 1. The molecule has 1 amide bonds. The van der Waals surface area contributed by atoms with E-state index in [-0.39, 0.29) is 5.91 Å². The lowest BCUT2D eigenvalue weighted by atomic mass is 10.1. The maximum Gasteiger partial charge on any atom is 0.240 e. The molecule has 1 saturated carbocycles. The van der Waals surface area contributed by atoms with Crippen LogP contribution in [0.5, 0.6) is 0 Å². The Morgan fingerprint density at radius 2 is 2.43 bits per heavy atom. The van der Waals surface area contributed by atoms with E-state index in [0.29, 0.717) is 5.92 Å². The summed E-state index contributed by atoms with van der Waals surface area (Å²) >= 11 is 1.95. The zero-order valence-corrected chi connectivity index (χ0v) is 8.90. The Kier molecular flexibility index (Phi) is 2.69. The van der Waals surface area contributed by atoms with E-state index in [0.717, 1.165) is 25.1 Å². The molecule has 1 N–H and O–H groups in total. The second kappa shape index (κ2) is 3.82. The number of nitriles is 1. The number of carbonyl (C=O) groups excluding carboxylic acids is 1. The van der Waals surface area contributed by atoms with Crippen molar-refractivity contribution in [3.8, 4) is 6.07 Å². The van der Waals surface area contributed by atoms with Crippen molar-refractivity contribution in [3.05, 3.63) is 0 Å². The van der Waals surface area contributed by atoms with Crippen LogP contribution < -0.4 is 5.32 Å². The van der Waals surface area contributed by atoms with E-state index >= 15 is 0 Å². The number of hydrogen-bond donors (Lipinski definition) is 1. The van der Waals surface area contributed by atoms with Crippen LogP contribution in [0.4, 0.5) is 0 Å². The van der Waals surface area contributed by atoms with E-state index in [1.54, 1.807) is 0 Å². The Labute approximate surface area is 88.2 Å². The maximum atomic E-state index is 11.6. The highest BCUT2D eigenvalue weighted by atomic mass is 32.2. The van der Waals surface area contributed by atoms with Crippen LogP contribution in [0.15, 0.2) is 0 Å². The number of amides is 1. The lowest BCUT2D eigenvalue weighted by Gasteiger charge is -2.11. The lowest BCUT2D eigenvalue weighted by Crippen LogP contribution is -2.34. The van der Waals surface area contributed by atoms with Crippen molar-refractivity contribution in [1.82, 2.24) is 5.32 Å². The number of nitrogens with zero attached hydrogens (tertiary/aromatic N) is 1. The summed E-state index contributed by atoms with van der Waals surface area (Å²) in [6, 6.07) is 2.11. The molecule has 2 aliphatic rings. The van der Waals surface area contributed by atoms with Gasteiger partial charge >= 0.3 is 0 Å². The van der Waals surface area contributed by atoms with Crippen LogP contribution in [0.2, 0.25) is 0 Å². The molecule has 0 bridgehead atoms. The van der Waals surface area contributed by atoms with Crippen molar-refractivity contribution < 1.29 is 4.79 Å². The lowest BCUT2D eigenvalue weighted by molar-refractivity contribution is -0.124. The standard InChI is InChI=1S/C10H14N2OS/c11-7-10(2-3-10)9(13)12-5-8-1-4-14-6-8/h8H,1-6H2,(H,12,13). The van der Waals surface area contributed by atoms with Gasteiger partial charge in [0.1, 0.15) is 5.41 Å². The highest BCUT2D eigenvalue weighted by molar-refractivity contribution is 7.99. The highest BCUT2D eigenvalue weighted by Crippen LogP contribution is 2.45. The zero-order valence-electron chi connectivity index (χ0n) is 8.08. The molecule has 3 nitrogen and oxygen atoms in total. The molecule has 0 aromatic heterocycles. The summed E-state index contributed by atoms with van der Waals surface area (Å²) in [5.74, 6) is 2.94. The highest BCUT2D eigenvalue weighted by Gasteiger charge is 2.50. The molecular weight excluding hydrogens is 196 g/mol. The molecule has 1 aliphatic heterocycles. The maximum absolute atomic E-state index is 11.6. The minimum Gasteiger partial charge on any atom is -0.354 e. The fourth-order valence-corrected chi connectivity index (χ4v) is 2.95.